The predicted molar refractivity (Wildman–Crippen MR) is 100 cm³/mol. The summed E-state index contributed by atoms with van der Waals surface area (Å²) < 4.78 is 65.9. The first-order valence-corrected chi connectivity index (χ1v) is 10.2. The Hall–Kier alpha value is -2.59. The number of benzene rings is 2. The average Bonchev–Trinajstić information content (AvgIpc) is 3.04. The smallest absolute Gasteiger partial charge is 0.390 e. The largest absolute Gasteiger partial charge is 0.478 e. The lowest BCUT2D eigenvalue weighted by molar-refractivity contribution is -0.131. The number of sulfonamides is 1. The topological polar surface area (TPSA) is 74.7 Å². The molecule has 148 valence electrons. The highest BCUT2D eigenvalue weighted by Gasteiger charge is 2.33. The van der Waals surface area contributed by atoms with Gasteiger partial charge < -0.3 is 5.11 Å². The number of carbonyl (C=O) groups is 1. The van der Waals surface area contributed by atoms with Gasteiger partial charge in [0.05, 0.1) is 16.9 Å². The fraction of sp³-hybridized carbons (Fsp3) is 0.167. The van der Waals surface area contributed by atoms with Gasteiger partial charge in [-0.05, 0) is 41.8 Å². The maximum absolute atomic E-state index is 13.0. The minimum Gasteiger partial charge on any atom is -0.478 e. The zero-order valence-electron chi connectivity index (χ0n) is 14.2. The number of halogens is 3. The van der Waals surface area contributed by atoms with E-state index in [-0.39, 0.29) is 15.5 Å². The van der Waals surface area contributed by atoms with Gasteiger partial charge in [-0.25, -0.2) is 13.2 Å². The molecule has 3 rings (SSSR count). The van der Waals surface area contributed by atoms with E-state index in [1.807, 2.05) is 0 Å². The van der Waals surface area contributed by atoms with Gasteiger partial charge >= 0.3 is 12.1 Å². The van der Waals surface area contributed by atoms with Crippen molar-refractivity contribution < 1.29 is 31.5 Å². The van der Waals surface area contributed by atoms with Crippen LogP contribution >= 0.6 is 11.3 Å². The summed E-state index contributed by atoms with van der Waals surface area (Å²) in [5, 5.41) is 9.82. The summed E-state index contributed by atoms with van der Waals surface area (Å²) in [6.07, 6.45) is -5.84. The number of rotatable bonds is 6. The number of nitrogens with zero attached hydrogens (tertiary/aromatic N) is 1. The Balaban J connectivity index is 2.05. The molecular formula is C18H14F3NO4S2. The van der Waals surface area contributed by atoms with Gasteiger partial charge in [-0.15, -0.1) is 11.3 Å². The average molecular weight is 429 g/mol. The van der Waals surface area contributed by atoms with Crippen LogP contribution in [0.25, 0.3) is 10.1 Å². The first-order valence-electron chi connectivity index (χ1n) is 7.99. The van der Waals surface area contributed by atoms with Crippen molar-refractivity contribution in [1.82, 2.24) is 0 Å². The monoisotopic (exact) mass is 429 g/mol. The molecule has 10 heteroatoms. The standard InChI is InChI=1S/C18H14F3NO4S2/c19-18(20,21)9-10-22(16-11-13-3-1-2-4-15(13)27-16)28(25,26)14-7-5-12(6-8-14)17(23)24/h1-8,11H,9-10H2,(H,23,24). The molecule has 3 aromatic rings. The third-order valence-corrected chi connectivity index (χ3v) is 7.03. The molecule has 0 fully saturated rings. The highest BCUT2D eigenvalue weighted by Crippen LogP contribution is 2.36. The molecule has 0 spiro atoms. The number of alkyl halides is 3. The Labute approximate surface area is 162 Å². The number of carboxylic acid groups (broad SMARTS) is 1. The Morgan fingerprint density at radius 3 is 2.29 bits per heavy atom. The SMILES string of the molecule is O=C(O)c1ccc(S(=O)(=O)N(CCC(F)(F)F)c2cc3ccccc3s2)cc1. The summed E-state index contributed by atoms with van der Waals surface area (Å²) in [5.41, 5.74) is -0.123. The van der Waals surface area contributed by atoms with E-state index in [2.05, 4.69) is 0 Å². The van der Waals surface area contributed by atoms with Crippen LogP contribution in [-0.4, -0.2) is 32.2 Å². The quantitative estimate of drug-likeness (QED) is 0.614. The van der Waals surface area contributed by atoms with Crippen molar-refractivity contribution >= 4 is 42.4 Å². The number of aromatic carboxylic acids is 1. The second-order valence-corrected chi connectivity index (χ2v) is 8.82. The van der Waals surface area contributed by atoms with Crippen LogP contribution in [0, 0.1) is 0 Å². The number of fused-ring (bicyclic) bond motifs is 1. The molecule has 1 N–H and O–H groups in total. The third-order valence-electron chi connectivity index (χ3n) is 3.95. The molecular weight excluding hydrogens is 415 g/mol. The number of hydrogen-bond donors (Lipinski definition) is 1. The number of carboxylic acids is 1. The molecule has 0 radical (unpaired) electrons. The van der Waals surface area contributed by atoms with Gasteiger partial charge in [0, 0.05) is 11.2 Å². The van der Waals surface area contributed by atoms with E-state index >= 15 is 0 Å². The molecule has 0 aliphatic rings. The van der Waals surface area contributed by atoms with E-state index in [0.29, 0.717) is 0 Å². The van der Waals surface area contributed by atoms with Crippen LogP contribution in [-0.2, 0) is 10.0 Å². The highest BCUT2D eigenvalue weighted by molar-refractivity contribution is 7.93. The zero-order valence-corrected chi connectivity index (χ0v) is 15.8. The fourth-order valence-corrected chi connectivity index (χ4v) is 5.32. The minimum absolute atomic E-state index is 0.123. The van der Waals surface area contributed by atoms with Crippen LogP contribution in [0.4, 0.5) is 18.2 Å². The normalized spacial score (nSPS) is 12.2. The summed E-state index contributed by atoms with van der Waals surface area (Å²) in [5.74, 6) is -1.23. The molecule has 0 bridgehead atoms. The van der Waals surface area contributed by atoms with Gasteiger partial charge in [0.2, 0.25) is 0 Å². The highest BCUT2D eigenvalue weighted by atomic mass is 32.2. The van der Waals surface area contributed by atoms with Crippen LogP contribution in [0.1, 0.15) is 16.8 Å². The Morgan fingerprint density at radius 2 is 1.71 bits per heavy atom. The van der Waals surface area contributed by atoms with Gasteiger partial charge in [-0.1, -0.05) is 18.2 Å². The van der Waals surface area contributed by atoms with E-state index in [9.17, 15) is 26.4 Å². The molecule has 0 saturated carbocycles. The van der Waals surface area contributed by atoms with E-state index in [0.717, 1.165) is 50.0 Å². The Bertz CT molecular complexity index is 1070. The van der Waals surface area contributed by atoms with E-state index in [4.69, 9.17) is 5.11 Å². The molecule has 1 aromatic heterocycles. The molecule has 0 atom stereocenters. The van der Waals surface area contributed by atoms with Crippen LogP contribution in [0.3, 0.4) is 0 Å². The summed E-state index contributed by atoms with van der Waals surface area (Å²) in [7, 11) is -4.32. The molecule has 28 heavy (non-hydrogen) atoms. The second kappa shape index (κ2) is 7.44. The fourth-order valence-electron chi connectivity index (χ4n) is 2.56. The summed E-state index contributed by atoms with van der Waals surface area (Å²) in [6, 6.07) is 12.9. The van der Waals surface area contributed by atoms with Gasteiger partial charge in [-0.2, -0.15) is 13.2 Å². The van der Waals surface area contributed by atoms with Crippen molar-refractivity contribution in [2.45, 2.75) is 17.5 Å². The van der Waals surface area contributed by atoms with E-state index < -0.39 is 35.1 Å². The molecule has 0 amide bonds. The molecule has 0 unspecified atom stereocenters. The lowest BCUT2D eigenvalue weighted by Gasteiger charge is -2.23. The first kappa shape index (κ1) is 20.2. The van der Waals surface area contributed by atoms with Crippen molar-refractivity contribution in [3.8, 4) is 0 Å². The van der Waals surface area contributed by atoms with E-state index in [1.165, 1.54) is 6.07 Å². The first-order chi connectivity index (χ1) is 13.1. The molecule has 2 aromatic carbocycles. The molecule has 0 aliphatic carbocycles. The van der Waals surface area contributed by atoms with Gasteiger partial charge in [0.15, 0.2) is 0 Å². The van der Waals surface area contributed by atoms with Crippen molar-refractivity contribution in [1.29, 1.82) is 0 Å². The van der Waals surface area contributed by atoms with Crippen molar-refractivity contribution in [3.63, 3.8) is 0 Å². The lowest BCUT2D eigenvalue weighted by Crippen LogP contribution is -2.33. The maximum atomic E-state index is 13.0. The summed E-state index contributed by atoms with van der Waals surface area (Å²) >= 11 is 1.07. The van der Waals surface area contributed by atoms with E-state index in [1.54, 1.807) is 24.3 Å². The minimum atomic E-state index is -4.53. The van der Waals surface area contributed by atoms with Crippen LogP contribution in [0.5, 0.6) is 0 Å². The Morgan fingerprint density at radius 1 is 1.07 bits per heavy atom. The van der Waals surface area contributed by atoms with Crippen LogP contribution in [0.15, 0.2) is 59.5 Å². The van der Waals surface area contributed by atoms with Crippen molar-refractivity contribution in [2.75, 3.05) is 10.8 Å². The number of anilines is 1. The van der Waals surface area contributed by atoms with Gasteiger partial charge in [0.25, 0.3) is 10.0 Å². The van der Waals surface area contributed by atoms with Crippen LogP contribution in [0.2, 0.25) is 0 Å². The summed E-state index contributed by atoms with van der Waals surface area (Å²) in [4.78, 5) is 10.7. The predicted octanol–water partition coefficient (Wildman–Crippen LogP) is 4.75. The zero-order chi connectivity index (χ0) is 20.5. The van der Waals surface area contributed by atoms with Crippen LogP contribution < -0.4 is 4.31 Å². The molecule has 0 saturated heterocycles. The second-order valence-electron chi connectivity index (χ2n) is 5.89. The number of thiophene rings is 1. The van der Waals surface area contributed by atoms with Crippen molar-refractivity contribution in [2.24, 2.45) is 0 Å². The van der Waals surface area contributed by atoms with Gasteiger partial charge in [-0.3, -0.25) is 4.31 Å². The Kier molecular flexibility index (Phi) is 5.35. The van der Waals surface area contributed by atoms with Gasteiger partial charge in [0.1, 0.15) is 5.00 Å². The molecule has 1 heterocycles. The lowest BCUT2D eigenvalue weighted by atomic mass is 10.2. The molecule has 5 nitrogen and oxygen atoms in total. The number of hydrogen-bond acceptors (Lipinski definition) is 4. The molecule has 0 aliphatic heterocycles. The van der Waals surface area contributed by atoms with Crippen molar-refractivity contribution in [3.05, 3.63) is 60.2 Å². The summed E-state index contributed by atoms with van der Waals surface area (Å²) in [6.45, 7) is -0.778. The third kappa shape index (κ3) is 4.28. The maximum Gasteiger partial charge on any atom is 0.390 e.